The van der Waals surface area contributed by atoms with Crippen LogP contribution in [0, 0.1) is 12.7 Å². The number of anilines is 1. The summed E-state index contributed by atoms with van der Waals surface area (Å²) in [7, 11) is 0. The van der Waals surface area contributed by atoms with Crippen LogP contribution in [-0.4, -0.2) is 5.78 Å². The van der Waals surface area contributed by atoms with E-state index in [1.807, 2.05) is 19.1 Å². The van der Waals surface area contributed by atoms with Gasteiger partial charge in [-0.3, -0.25) is 4.79 Å². The van der Waals surface area contributed by atoms with Crippen molar-refractivity contribution in [3.05, 3.63) is 76.2 Å². The summed E-state index contributed by atoms with van der Waals surface area (Å²) in [5.74, 6) is -0.405. The zero-order valence-corrected chi connectivity index (χ0v) is 12.4. The highest BCUT2D eigenvalue weighted by molar-refractivity contribution is 9.10. The van der Waals surface area contributed by atoms with Gasteiger partial charge in [-0.15, -0.1) is 0 Å². The maximum atomic E-state index is 12.9. The van der Waals surface area contributed by atoms with Crippen molar-refractivity contribution in [3.63, 3.8) is 0 Å². The summed E-state index contributed by atoms with van der Waals surface area (Å²) in [6.45, 7) is 1.97. The number of allylic oxidation sites excluding steroid dienone is 1. The molecule has 0 saturated heterocycles. The molecule has 2 aromatic carbocycles. The van der Waals surface area contributed by atoms with E-state index in [9.17, 15) is 9.18 Å². The van der Waals surface area contributed by atoms with Crippen LogP contribution < -0.4 is 5.32 Å². The molecule has 0 saturated carbocycles. The summed E-state index contributed by atoms with van der Waals surface area (Å²) in [5.41, 5.74) is 2.44. The second kappa shape index (κ2) is 6.48. The number of hydrogen-bond donors (Lipinski definition) is 1. The van der Waals surface area contributed by atoms with Crippen LogP contribution in [0.3, 0.4) is 0 Å². The summed E-state index contributed by atoms with van der Waals surface area (Å²) in [6.07, 6.45) is 2.99. The third kappa shape index (κ3) is 3.78. The number of nitrogens with one attached hydrogen (secondary N) is 1. The number of hydrogen-bond acceptors (Lipinski definition) is 2. The van der Waals surface area contributed by atoms with Gasteiger partial charge in [0, 0.05) is 22.3 Å². The van der Waals surface area contributed by atoms with Crippen LogP contribution in [-0.2, 0) is 0 Å². The van der Waals surface area contributed by atoms with Gasteiger partial charge in [0.05, 0.1) is 5.69 Å². The van der Waals surface area contributed by atoms with Crippen LogP contribution in [0.25, 0.3) is 0 Å². The number of aryl methyl sites for hydroxylation is 1. The van der Waals surface area contributed by atoms with Crippen molar-refractivity contribution in [3.8, 4) is 0 Å². The molecule has 0 bridgehead atoms. The number of carbonyl (C=O) groups is 1. The molecule has 1 N–H and O–H groups in total. The van der Waals surface area contributed by atoms with Crippen LogP contribution in [0.1, 0.15) is 15.9 Å². The first-order chi connectivity index (χ1) is 9.56. The molecule has 0 fully saturated rings. The molecule has 0 aliphatic heterocycles. The van der Waals surface area contributed by atoms with Gasteiger partial charge in [0.2, 0.25) is 0 Å². The van der Waals surface area contributed by atoms with E-state index in [0.29, 0.717) is 15.7 Å². The first kappa shape index (κ1) is 14.5. The SMILES string of the molecule is Cc1ccc(C(=O)C=CNc2ccc(F)cc2Br)cc1. The minimum Gasteiger partial charge on any atom is -0.361 e. The third-order valence-corrected chi connectivity index (χ3v) is 3.40. The number of halogens is 2. The average molecular weight is 334 g/mol. The maximum Gasteiger partial charge on any atom is 0.187 e. The topological polar surface area (TPSA) is 29.1 Å². The second-order valence-corrected chi connectivity index (χ2v) is 5.19. The molecule has 4 heteroatoms. The van der Waals surface area contributed by atoms with Crippen LogP contribution in [0.2, 0.25) is 0 Å². The van der Waals surface area contributed by atoms with Crippen molar-refractivity contribution in [2.75, 3.05) is 5.32 Å². The molecule has 0 spiro atoms. The number of benzene rings is 2. The normalized spacial score (nSPS) is 10.8. The highest BCUT2D eigenvalue weighted by Gasteiger charge is 2.01. The lowest BCUT2D eigenvalue weighted by Crippen LogP contribution is -1.96. The van der Waals surface area contributed by atoms with Crippen LogP contribution in [0.5, 0.6) is 0 Å². The van der Waals surface area contributed by atoms with Gasteiger partial charge in [-0.05, 0) is 41.1 Å². The molecule has 0 radical (unpaired) electrons. The van der Waals surface area contributed by atoms with Gasteiger partial charge in [-0.2, -0.15) is 0 Å². The molecule has 0 atom stereocenters. The van der Waals surface area contributed by atoms with Gasteiger partial charge in [0.15, 0.2) is 5.78 Å². The number of rotatable bonds is 4. The van der Waals surface area contributed by atoms with E-state index in [2.05, 4.69) is 21.2 Å². The van der Waals surface area contributed by atoms with E-state index in [4.69, 9.17) is 0 Å². The van der Waals surface area contributed by atoms with Gasteiger partial charge in [-0.1, -0.05) is 29.8 Å². The molecule has 0 aliphatic carbocycles. The second-order valence-electron chi connectivity index (χ2n) is 4.33. The fraction of sp³-hybridized carbons (Fsp3) is 0.0625. The van der Waals surface area contributed by atoms with Crippen molar-refractivity contribution in [1.82, 2.24) is 0 Å². The summed E-state index contributed by atoms with van der Waals surface area (Å²) in [4.78, 5) is 11.9. The summed E-state index contributed by atoms with van der Waals surface area (Å²) in [6, 6.07) is 11.7. The fourth-order valence-electron chi connectivity index (χ4n) is 1.63. The quantitative estimate of drug-likeness (QED) is 0.648. The average Bonchev–Trinajstić information content (AvgIpc) is 2.42. The Bertz CT molecular complexity index is 650. The zero-order valence-electron chi connectivity index (χ0n) is 10.9. The van der Waals surface area contributed by atoms with Crippen LogP contribution >= 0.6 is 15.9 Å². The monoisotopic (exact) mass is 333 g/mol. The highest BCUT2D eigenvalue weighted by Crippen LogP contribution is 2.22. The fourth-order valence-corrected chi connectivity index (χ4v) is 2.09. The lowest BCUT2D eigenvalue weighted by molar-refractivity contribution is 0.104. The van der Waals surface area contributed by atoms with Gasteiger partial charge < -0.3 is 5.32 Å². The standard InChI is InChI=1S/C16H13BrFNO/c1-11-2-4-12(5-3-11)16(20)8-9-19-15-7-6-13(18)10-14(15)17/h2-10,19H,1H3. The maximum absolute atomic E-state index is 12.9. The molecule has 0 amide bonds. The molecule has 20 heavy (non-hydrogen) atoms. The largest absolute Gasteiger partial charge is 0.361 e. The van der Waals surface area contributed by atoms with Gasteiger partial charge in [-0.25, -0.2) is 4.39 Å². The number of ketones is 1. The van der Waals surface area contributed by atoms with Gasteiger partial charge in [0.1, 0.15) is 5.82 Å². The Kier molecular flexibility index (Phi) is 4.69. The Labute approximate surface area is 125 Å². The molecule has 2 aromatic rings. The first-order valence-electron chi connectivity index (χ1n) is 6.05. The molecule has 0 aromatic heterocycles. The summed E-state index contributed by atoms with van der Waals surface area (Å²) >= 11 is 3.25. The molecule has 0 aliphatic rings. The minimum atomic E-state index is -0.317. The Hall–Kier alpha value is -1.94. The lowest BCUT2D eigenvalue weighted by atomic mass is 10.1. The smallest absolute Gasteiger partial charge is 0.187 e. The molecular formula is C16H13BrFNO. The van der Waals surface area contributed by atoms with E-state index in [-0.39, 0.29) is 11.6 Å². The van der Waals surface area contributed by atoms with Crippen molar-refractivity contribution in [2.45, 2.75) is 6.92 Å². The molecule has 2 rings (SSSR count). The van der Waals surface area contributed by atoms with E-state index in [0.717, 1.165) is 5.56 Å². The minimum absolute atomic E-state index is 0.0873. The van der Waals surface area contributed by atoms with E-state index in [1.54, 1.807) is 24.4 Å². The number of carbonyl (C=O) groups excluding carboxylic acids is 1. The predicted molar refractivity (Wildman–Crippen MR) is 82.4 cm³/mol. The van der Waals surface area contributed by atoms with Crippen molar-refractivity contribution < 1.29 is 9.18 Å². The van der Waals surface area contributed by atoms with Crippen LogP contribution in [0.4, 0.5) is 10.1 Å². The van der Waals surface area contributed by atoms with Crippen molar-refractivity contribution >= 4 is 27.4 Å². The molecule has 2 nitrogen and oxygen atoms in total. The third-order valence-electron chi connectivity index (χ3n) is 2.74. The summed E-state index contributed by atoms with van der Waals surface area (Å²) in [5, 5.41) is 2.94. The predicted octanol–water partition coefficient (Wildman–Crippen LogP) is 4.71. The molecule has 0 unspecified atom stereocenters. The van der Waals surface area contributed by atoms with Crippen molar-refractivity contribution in [2.24, 2.45) is 0 Å². The lowest BCUT2D eigenvalue weighted by Gasteiger charge is -2.03. The van der Waals surface area contributed by atoms with E-state index in [1.165, 1.54) is 18.2 Å². The molecule has 102 valence electrons. The zero-order chi connectivity index (χ0) is 14.5. The van der Waals surface area contributed by atoms with Gasteiger partial charge >= 0.3 is 0 Å². The highest BCUT2D eigenvalue weighted by atomic mass is 79.9. The Morgan fingerprint density at radius 1 is 1.20 bits per heavy atom. The van der Waals surface area contributed by atoms with E-state index < -0.39 is 0 Å². The first-order valence-corrected chi connectivity index (χ1v) is 6.85. The van der Waals surface area contributed by atoms with Crippen LogP contribution in [0.15, 0.2) is 59.2 Å². The Morgan fingerprint density at radius 2 is 1.90 bits per heavy atom. The molecular weight excluding hydrogens is 321 g/mol. The van der Waals surface area contributed by atoms with E-state index >= 15 is 0 Å². The summed E-state index contributed by atoms with van der Waals surface area (Å²) < 4.78 is 13.5. The Morgan fingerprint density at radius 3 is 2.55 bits per heavy atom. The van der Waals surface area contributed by atoms with Gasteiger partial charge in [0.25, 0.3) is 0 Å². The molecule has 0 heterocycles. The Balaban J connectivity index is 2.02. The van der Waals surface area contributed by atoms with Crippen molar-refractivity contribution in [1.29, 1.82) is 0 Å².